The molecule has 1 unspecified atom stereocenters. The highest BCUT2D eigenvalue weighted by Crippen LogP contribution is 2.29. The maximum Gasteiger partial charge on any atom is 0.175 e. The molecule has 0 aliphatic carbocycles. The largest absolute Gasteiger partial charge is 0.251 e. The molecule has 170 valence electrons. The highest BCUT2D eigenvalue weighted by Gasteiger charge is 2.13. The van der Waals surface area contributed by atoms with Crippen LogP contribution in [0.3, 0.4) is 0 Å². The SMILES string of the molecule is C/C=S(\Cc1ccccc1)N(Cc1ccc(-c2ccc(S(C)(=O)=O)cc2)cc1)CC(C)C. The van der Waals surface area contributed by atoms with Gasteiger partial charge in [0.1, 0.15) is 0 Å². The molecule has 0 saturated carbocycles. The topological polar surface area (TPSA) is 37.4 Å². The zero-order valence-electron chi connectivity index (χ0n) is 19.4. The molecule has 0 fully saturated rings. The van der Waals surface area contributed by atoms with Crippen molar-refractivity contribution in [2.24, 2.45) is 5.92 Å². The number of rotatable bonds is 9. The molecule has 0 spiro atoms. The minimum Gasteiger partial charge on any atom is -0.251 e. The predicted molar refractivity (Wildman–Crippen MR) is 140 cm³/mol. The van der Waals surface area contributed by atoms with Crippen LogP contribution in [0.1, 0.15) is 31.9 Å². The summed E-state index contributed by atoms with van der Waals surface area (Å²) in [6, 6.07) is 26.4. The standard InChI is InChI=1S/C27H33NO2S2/c1-5-31(21-24-9-7-6-8-10-24)28(19-22(2)3)20-23-11-13-25(14-12-23)26-15-17-27(18-16-26)32(4,29)30/h5-18,22H,19-21H2,1-4H3. The lowest BCUT2D eigenvalue weighted by molar-refractivity contribution is 0.400. The van der Waals surface area contributed by atoms with Gasteiger partial charge in [0.15, 0.2) is 9.84 Å². The van der Waals surface area contributed by atoms with E-state index in [1.807, 2.05) is 12.1 Å². The third kappa shape index (κ3) is 6.89. The Kier molecular flexibility index (Phi) is 8.46. The second-order valence-corrected chi connectivity index (χ2v) is 12.6. The Labute approximate surface area is 196 Å². The Balaban J connectivity index is 1.76. The van der Waals surface area contributed by atoms with E-state index in [0.717, 1.165) is 30.0 Å². The lowest BCUT2D eigenvalue weighted by Crippen LogP contribution is -2.23. The van der Waals surface area contributed by atoms with E-state index in [0.29, 0.717) is 10.8 Å². The maximum absolute atomic E-state index is 11.7. The fourth-order valence-electron chi connectivity index (χ4n) is 3.62. The molecule has 1 atom stereocenters. The average Bonchev–Trinajstić information content (AvgIpc) is 2.77. The minimum absolute atomic E-state index is 0.0576. The van der Waals surface area contributed by atoms with Crippen LogP contribution >= 0.6 is 10.7 Å². The molecule has 3 aromatic rings. The summed E-state index contributed by atoms with van der Waals surface area (Å²) in [5, 5.41) is 2.34. The van der Waals surface area contributed by atoms with Crippen LogP contribution in [0.5, 0.6) is 0 Å². The van der Waals surface area contributed by atoms with E-state index >= 15 is 0 Å². The van der Waals surface area contributed by atoms with Gasteiger partial charge in [0, 0.05) is 25.1 Å². The first-order valence-electron chi connectivity index (χ1n) is 10.9. The summed E-state index contributed by atoms with van der Waals surface area (Å²) in [5.41, 5.74) is 4.77. The lowest BCUT2D eigenvalue weighted by atomic mass is 10.0. The molecular weight excluding hydrogens is 434 g/mol. The first-order valence-corrected chi connectivity index (χ1v) is 14.2. The van der Waals surface area contributed by atoms with Gasteiger partial charge in [-0.05, 0) is 52.6 Å². The fraction of sp³-hybridized carbons (Fsp3) is 0.296. The van der Waals surface area contributed by atoms with Crippen molar-refractivity contribution >= 4 is 25.9 Å². The normalized spacial score (nSPS) is 13.1. The van der Waals surface area contributed by atoms with Gasteiger partial charge in [-0.2, -0.15) is 0 Å². The molecule has 0 aromatic heterocycles. The van der Waals surface area contributed by atoms with Crippen molar-refractivity contribution in [2.45, 2.75) is 38.0 Å². The van der Waals surface area contributed by atoms with Crippen LogP contribution in [0.2, 0.25) is 0 Å². The molecule has 0 heterocycles. The van der Waals surface area contributed by atoms with Gasteiger partial charge in [-0.25, -0.2) is 8.42 Å². The Hall–Kier alpha value is -2.21. The summed E-state index contributed by atoms with van der Waals surface area (Å²) < 4.78 is 26.0. The molecule has 3 nitrogen and oxygen atoms in total. The Morgan fingerprint density at radius 1 is 0.844 bits per heavy atom. The Bertz CT molecular complexity index is 1130. The average molecular weight is 468 g/mol. The number of nitrogens with zero attached hydrogens (tertiary/aromatic N) is 1. The third-order valence-corrected chi connectivity index (χ3v) is 8.50. The van der Waals surface area contributed by atoms with Gasteiger partial charge in [-0.3, -0.25) is 4.31 Å². The van der Waals surface area contributed by atoms with Crippen LogP contribution in [0.25, 0.3) is 11.1 Å². The van der Waals surface area contributed by atoms with Crippen LogP contribution < -0.4 is 0 Å². The maximum atomic E-state index is 11.7. The fourth-order valence-corrected chi connectivity index (χ4v) is 6.24. The van der Waals surface area contributed by atoms with Crippen molar-refractivity contribution in [3.05, 3.63) is 90.0 Å². The van der Waals surface area contributed by atoms with E-state index in [1.54, 1.807) is 12.1 Å². The van der Waals surface area contributed by atoms with Gasteiger partial charge >= 0.3 is 0 Å². The molecule has 32 heavy (non-hydrogen) atoms. The molecular formula is C27H33NO2S2. The van der Waals surface area contributed by atoms with E-state index in [1.165, 1.54) is 17.4 Å². The van der Waals surface area contributed by atoms with E-state index < -0.39 is 9.84 Å². The number of sulfone groups is 1. The lowest BCUT2D eigenvalue weighted by Gasteiger charge is -2.28. The number of hydrogen-bond acceptors (Lipinski definition) is 3. The molecule has 0 bridgehead atoms. The third-order valence-electron chi connectivity index (χ3n) is 5.26. The summed E-state index contributed by atoms with van der Waals surface area (Å²) >= 11 is 0. The summed E-state index contributed by atoms with van der Waals surface area (Å²) in [6.07, 6.45) is 1.24. The predicted octanol–water partition coefficient (Wildman–Crippen LogP) is 6.42. The van der Waals surface area contributed by atoms with Crippen molar-refractivity contribution in [3.8, 4) is 11.1 Å². The minimum atomic E-state index is -3.17. The van der Waals surface area contributed by atoms with Crippen molar-refractivity contribution in [2.75, 3.05) is 12.8 Å². The van der Waals surface area contributed by atoms with Crippen molar-refractivity contribution in [1.29, 1.82) is 0 Å². The van der Waals surface area contributed by atoms with Crippen molar-refractivity contribution in [1.82, 2.24) is 4.31 Å². The molecule has 0 saturated heterocycles. The van der Waals surface area contributed by atoms with E-state index in [9.17, 15) is 8.42 Å². The summed E-state index contributed by atoms with van der Waals surface area (Å²) in [7, 11) is -3.12. The van der Waals surface area contributed by atoms with Gasteiger partial charge in [-0.15, -0.1) is 10.7 Å². The summed E-state index contributed by atoms with van der Waals surface area (Å²) in [5.74, 6) is 1.63. The first-order chi connectivity index (χ1) is 15.3. The smallest absolute Gasteiger partial charge is 0.175 e. The quantitative estimate of drug-likeness (QED) is 0.341. The van der Waals surface area contributed by atoms with Crippen LogP contribution in [0, 0.1) is 5.92 Å². The van der Waals surface area contributed by atoms with Gasteiger partial charge in [0.25, 0.3) is 0 Å². The second-order valence-electron chi connectivity index (χ2n) is 8.48. The first kappa shape index (κ1) is 24.4. The zero-order valence-corrected chi connectivity index (χ0v) is 21.0. The van der Waals surface area contributed by atoms with Crippen molar-refractivity contribution < 1.29 is 8.42 Å². The molecule has 0 N–H and O–H groups in total. The zero-order chi connectivity index (χ0) is 23.1. The molecule has 0 aliphatic heterocycles. The number of hydrogen-bond donors (Lipinski definition) is 0. The van der Waals surface area contributed by atoms with Crippen LogP contribution in [-0.2, 0) is 22.1 Å². The Morgan fingerprint density at radius 3 is 1.91 bits per heavy atom. The number of benzene rings is 3. The molecule has 3 rings (SSSR count). The highest BCUT2D eigenvalue weighted by atomic mass is 32.2. The second kappa shape index (κ2) is 11.1. The van der Waals surface area contributed by atoms with Gasteiger partial charge in [0.2, 0.25) is 0 Å². The highest BCUT2D eigenvalue weighted by molar-refractivity contribution is 8.12. The molecule has 0 aliphatic rings. The Morgan fingerprint density at radius 2 is 1.41 bits per heavy atom. The molecule has 0 amide bonds. The summed E-state index contributed by atoms with van der Waals surface area (Å²) in [6.45, 7) is 8.68. The molecule has 0 radical (unpaired) electrons. The van der Waals surface area contributed by atoms with E-state index in [2.05, 4.69) is 85.0 Å². The van der Waals surface area contributed by atoms with Gasteiger partial charge in [0.05, 0.1) is 4.90 Å². The summed E-state index contributed by atoms with van der Waals surface area (Å²) in [4.78, 5) is 0.350. The van der Waals surface area contributed by atoms with Crippen LogP contribution in [0.15, 0.2) is 83.8 Å². The van der Waals surface area contributed by atoms with Gasteiger partial charge in [-0.1, -0.05) is 80.6 Å². The van der Waals surface area contributed by atoms with Crippen LogP contribution in [-0.4, -0.2) is 30.9 Å². The van der Waals surface area contributed by atoms with Crippen LogP contribution in [0.4, 0.5) is 0 Å². The van der Waals surface area contributed by atoms with E-state index in [-0.39, 0.29) is 10.7 Å². The van der Waals surface area contributed by atoms with Gasteiger partial charge < -0.3 is 0 Å². The molecule has 3 aromatic carbocycles. The monoisotopic (exact) mass is 467 g/mol. The van der Waals surface area contributed by atoms with Crippen molar-refractivity contribution in [3.63, 3.8) is 0 Å². The van der Waals surface area contributed by atoms with E-state index in [4.69, 9.17) is 0 Å². The molecule has 5 heteroatoms.